The molecule has 0 bridgehead atoms. The first-order valence-corrected chi connectivity index (χ1v) is 8.26. The van der Waals surface area contributed by atoms with Crippen LogP contribution < -0.4 is 5.32 Å². The summed E-state index contributed by atoms with van der Waals surface area (Å²) in [6.45, 7) is -1.49. The number of ether oxygens (including phenoxy) is 1. The van der Waals surface area contributed by atoms with Gasteiger partial charge in [-0.05, 0) is 31.8 Å². The molecular formula is C17H29N3O3. The molecule has 0 saturated carbocycles. The molecule has 2 N–H and O–H groups in total. The Bertz CT molecular complexity index is 521. The number of esters is 1. The van der Waals surface area contributed by atoms with Gasteiger partial charge < -0.3 is 9.64 Å². The maximum Gasteiger partial charge on any atom is 0.326 e. The number of rotatable bonds is 1. The number of guanidine groups is 1. The molecule has 6 heteroatoms. The van der Waals surface area contributed by atoms with Gasteiger partial charge in [0.1, 0.15) is 12.6 Å². The van der Waals surface area contributed by atoms with Crippen LogP contribution in [0.25, 0.3) is 0 Å². The van der Waals surface area contributed by atoms with Crippen LogP contribution in [-0.2, 0) is 14.3 Å². The van der Waals surface area contributed by atoms with Crippen LogP contribution in [-0.4, -0.2) is 42.4 Å². The molecule has 0 aromatic rings. The minimum atomic E-state index is -2.73. The zero-order valence-corrected chi connectivity index (χ0v) is 13.8. The van der Waals surface area contributed by atoms with Crippen LogP contribution in [0.3, 0.4) is 0 Å². The number of nitrogens with zero attached hydrogens (tertiary/aromatic N) is 1. The van der Waals surface area contributed by atoms with Gasteiger partial charge in [-0.1, -0.05) is 32.3 Å². The van der Waals surface area contributed by atoms with Gasteiger partial charge in [-0.3, -0.25) is 20.3 Å². The van der Waals surface area contributed by atoms with E-state index in [0.717, 1.165) is 32.1 Å². The van der Waals surface area contributed by atoms with E-state index in [1.807, 2.05) is 19.1 Å². The summed E-state index contributed by atoms with van der Waals surface area (Å²) < 4.78 is 27.8. The summed E-state index contributed by atoms with van der Waals surface area (Å²) in [7, 11) is 0. The maximum atomic E-state index is 12.1. The molecule has 1 aliphatic heterocycles. The van der Waals surface area contributed by atoms with Gasteiger partial charge in [-0.2, -0.15) is 0 Å². The van der Waals surface area contributed by atoms with Crippen molar-refractivity contribution in [1.82, 2.24) is 10.2 Å². The molecular weight excluding hydrogens is 294 g/mol. The number of likely N-dealkylation sites (N-methyl/N-ethyl adjacent to an activating group) is 1. The Labute approximate surface area is 143 Å². The van der Waals surface area contributed by atoms with Gasteiger partial charge in [0.2, 0.25) is 5.91 Å². The molecule has 0 spiro atoms. The Morgan fingerprint density at radius 1 is 1.35 bits per heavy atom. The van der Waals surface area contributed by atoms with E-state index in [0.29, 0.717) is 17.7 Å². The number of amides is 1. The number of carbonyl (C=O) groups is 2. The lowest BCUT2D eigenvalue weighted by molar-refractivity contribution is -0.147. The summed E-state index contributed by atoms with van der Waals surface area (Å²) in [6.07, 6.45) is 9.76. The molecule has 0 radical (unpaired) electrons. The molecule has 130 valence electrons. The van der Waals surface area contributed by atoms with E-state index in [1.165, 1.54) is 0 Å². The fourth-order valence-corrected chi connectivity index (χ4v) is 2.26. The van der Waals surface area contributed by atoms with Crippen molar-refractivity contribution in [2.45, 2.75) is 64.4 Å². The average molecular weight is 326 g/mol. The number of allylic oxidation sites excluding steroid dienone is 1. The van der Waals surface area contributed by atoms with Crippen molar-refractivity contribution in [3.05, 3.63) is 12.2 Å². The lowest BCUT2D eigenvalue weighted by Gasteiger charge is -2.20. The lowest BCUT2D eigenvalue weighted by atomic mass is 10.1. The maximum absolute atomic E-state index is 12.1. The molecule has 0 aromatic heterocycles. The monoisotopic (exact) mass is 326 g/mol. The van der Waals surface area contributed by atoms with Gasteiger partial charge in [0.05, 0.1) is 0 Å². The first kappa shape index (κ1) is 14.7. The highest BCUT2D eigenvalue weighted by molar-refractivity contribution is 5.96. The fraction of sp³-hybridized carbons (Fsp3) is 0.706. The van der Waals surface area contributed by atoms with Gasteiger partial charge in [0, 0.05) is 17.5 Å². The van der Waals surface area contributed by atoms with Crippen LogP contribution in [0.1, 0.15) is 62.4 Å². The molecule has 1 amide bonds. The number of cyclic esters (lactones) is 1. The summed E-state index contributed by atoms with van der Waals surface area (Å²) in [4.78, 5) is 24.6. The van der Waals surface area contributed by atoms with Gasteiger partial charge >= 0.3 is 5.97 Å². The van der Waals surface area contributed by atoms with Crippen LogP contribution >= 0.6 is 0 Å². The molecule has 6 nitrogen and oxygen atoms in total. The Hall–Kier alpha value is -1.85. The highest BCUT2D eigenvalue weighted by Crippen LogP contribution is 2.09. The van der Waals surface area contributed by atoms with Crippen molar-refractivity contribution in [2.75, 3.05) is 13.5 Å². The Balaban J connectivity index is 2.88. The van der Waals surface area contributed by atoms with E-state index in [4.69, 9.17) is 14.3 Å². The molecule has 0 aliphatic carbocycles. The van der Waals surface area contributed by atoms with Crippen molar-refractivity contribution >= 4 is 17.8 Å². The molecule has 0 fully saturated rings. The number of nitrogens with one attached hydrogen (secondary N) is 2. The van der Waals surface area contributed by atoms with E-state index in [2.05, 4.69) is 5.32 Å². The first-order chi connectivity index (χ1) is 12.2. The molecule has 1 atom stereocenters. The topological polar surface area (TPSA) is 82.5 Å². The van der Waals surface area contributed by atoms with E-state index in [-0.39, 0.29) is 6.42 Å². The minimum Gasteiger partial charge on any atom is -0.457 e. The summed E-state index contributed by atoms with van der Waals surface area (Å²) in [5, 5.41) is 10.1. The second-order valence-corrected chi connectivity index (χ2v) is 5.65. The fourth-order valence-electron chi connectivity index (χ4n) is 2.26. The summed E-state index contributed by atoms with van der Waals surface area (Å²) >= 11 is 0. The van der Waals surface area contributed by atoms with Gasteiger partial charge in [0.25, 0.3) is 0 Å². The van der Waals surface area contributed by atoms with Crippen molar-refractivity contribution in [2.24, 2.45) is 0 Å². The lowest BCUT2D eigenvalue weighted by Crippen LogP contribution is -2.44. The smallest absolute Gasteiger partial charge is 0.326 e. The van der Waals surface area contributed by atoms with E-state index >= 15 is 0 Å². The van der Waals surface area contributed by atoms with Crippen LogP contribution in [0.2, 0.25) is 0 Å². The molecule has 1 unspecified atom stereocenters. The van der Waals surface area contributed by atoms with Crippen LogP contribution in [0, 0.1) is 5.41 Å². The first-order valence-electron chi connectivity index (χ1n) is 9.76. The summed E-state index contributed by atoms with van der Waals surface area (Å²) in [5.41, 5.74) is 0. The SMILES string of the molecule is [2H]C([2H])([2H])N1CC(=O)OC(CC)/C=C/CCCCCCCC(=O)NC1=N. The average Bonchev–Trinajstić information content (AvgIpc) is 2.55. The molecule has 0 aromatic carbocycles. The zero-order chi connectivity index (χ0) is 19.6. The van der Waals surface area contributed by atoms with Crippen molar-refractivity contribution < 1.29 is 18.4 Å². The predicted molar refractivity (Wildman–Crippen MR) is 90.1 cm³/mol. The largest absolute Gasteiger partial charge is 0.457 e. The van der Waals surface area contributed by atoms with E-state index in [1.54, 1.807) is 0 Å². The Morgan fingerprint density at radius 3 is 2.83 bits per heavy atom. The number of carbonyl (C=O) groups excluding carboxylic acids is 2. The third-order valence-corrected chi connectivity index (χ3v) is 3.63. The number of hydrogen-bond acceptors (Lipinski definition) is 4. The Morgan fingerprint density at radius 2 is 2.09 bits per heavy atom. The predicted octanol–water partition coefficient (Wildman–Crippen LogP) is 2.59. The van der Waals surface area contributed by atoms with Crippen LogP contribution in [0.5, 0.6) is 0 Å². The highest BCUT2D eigenvalue weighted by Gasteiger charge is 2.15. The standard InChI is InChI=1S/C17H29N3O3/c1-3-14-11-9-7-5-4-6-8-10-12-15(21)19-17(18)20(2)13-16(22)23-14/h9,11,14H,3-8,10,12-13H2,1-2H3,(H2,18,19,21)/b11-9+/i2D3. The molecule has 1 heterocycles. The van der Waals surface area contributed by atoms with Gasteiger partial charge in [-0.15, -0.1) is 0 Å². The second kappa shape index (κ2) is 10.8. The molecule has 1 rings (SSSR count). The second-order valence-electron chi connectivity index (χ2n) is 5.65. The normalized spacial score (nSPS) is 27.0. The summed E-state index contributed by atoms with van der Waals surface area (Å²) in [6, 6.07) is 0. The van der Waals surface area contributed by atoms with Gasteiger partial charge in [0.15, 0.2) is 5.96 Å². The van der Waals surface area contributed by atoms with E-state index < -0.39 is 37.5 Å². The summed E-state index contributed by atoms with van der Waals surface area (Å²) in [5.74, 6) is -1.78. The van der Waals surface area contributed by atoms with Gasteiger partial charge in [-0.25, -0.2) is 0 Å². The van der Waals surface area contributed by atoms with Crippen LogP contribution in [0.4, 0.5) is 0 Å². The molecule has 23 heavy (non-hydrogen) atoms. The van der Waals surface area contributed by atoms with Crippen molar-refractivity contribution in [3.63, 3.8) is 0 Å². The highest BCUT2D eigenvalue weighted by atomic mass is 16.5. The molecule has 0 saturated heterocycles. The minimum absolute atomic E-state index is 0.222. The van der Waals surface area contributed by atoms with Crippen LogP contribution in [0.15, 0.2) is 12.2 Å². The Kier molecular flexibility index (Phi) is 6.92. The third kappa shape index (κ3) is 8.38. The molecule has 1 aliphatic rings. The number of hydrogen-bond donors (Lipinski definition) is 2. The quantitative estimate of drug-likeness (QED) is 0.573. The van der Waals surface area contributed by atoms with E-state index in [9.17, 15) is 9.59 Å². The third-order valence-electron chi connectivity index (χ3n) is 3.63. The van der Waals surface area contributed by atoms with Crippen molar-refractivity contribution in [3.8, 4) is 0 Å². The van der Waals surface area contributed by atoms with Crippen molar-refractivity contribution in [1.29, 1.82) is 5.41 Å². The zero-order valence-electron chi connectivity index (χ0n) is 16.8.